The number of hydrogen-bond donors (Lipinski definition) is 1. The summed E-state index contributed by atoms with van der Waals surface area (Å²) in [6.45, 7) is 2.05. The van der Waals surface area contributed by atoms with Crippen molar-refractivity contribution in [3.63, 3.8) is 0 Å². The second kappa shape index (κ2) is 4.65. The van der Waals surface area contributed by atoms with E-state index in [0.717, 1.165) is 18.4 Å². The van der Waals surface area contributed by atoms with Crippen LogP contribution in [0.3, 0.4) is 0 Å². The highest BCUT2D eigenvalue weighted by Crippen LogP contribution is 2.44. The van der Waals surface area contributed by atoms with Gasteiger partial charge in [-0.15, -0.1) is 0 Å². The molecule has 1 aliphatic rings. The minimum absolute atomic E-state index is 0.0580. The summed E-state index contributed by atoms with van der Waals surface area (Å²) in [7, 11) is -1.13. The molecule has 2 N–H and O–H groups in total. The first-order chi connectivity index (χ1) is 7.57. The highest BCUT2D eigenvalue weighted by atomic mass is 35.5. The van der Waals surface area contributed by atoms with E-state index in [-0.39, 0.29) is 11.3 Å². The molecule has 0 saturated carbocycles. The van der Waals surface area contributed by atoms with Gasteiger partial charge >= 0.3 is 0 Å². The highest BCUT2D eigenvalue weighted by molar-refractivity contribution is 7.86. The van der Waals surface area contributed by atoms with Crippen molar-refractivity contribution in [2.24, 2.45) is 5.73 Å². The number of halogens is 2. The number of benzene rings is 1. The van der Waals surface area contributed by atoms with Crippen LogP contribution in [0.15, 0.2) is 17.0 Å². The van der Waals surface area contributed by atoms with Crippen molar-refractivity contribution in [1.29, 1.82) is 0 Å². The van der Waals surface area contributed by atoms with Crippen LogP contribution in [0.2, 0.25) is 10.0 Å². The first kappa shape index (κ1) is 12.4. The van der Waals surface area contributed by atoms with Crippen LogP contribution in [0.4, 0.5) is 0 Å². The minimum atomic E-state index is -1.13. The van der Waals surface area contributed by atoms with E-state index < -0.39 is 10.8 Å². The third kappa shape index (κ3) is 1.80. The average Bonchev–Trinajstić information content (AvgIpc) is 2.50. The molecule has 1 aliphatic heterocycles. The van der Waals surface area contributed by atoms with Gasteiger partial charge < -0.3 is 5.73 Å². The Morgan fingerprint density at radius 1 is 1.38 bits per heavy atom. The van der Waals surface area contributed by atoms with Crippen molar-refractivity contribution in [3.8, 4) is 0 Å². The summed E-state index contributed by atoms with van der Waals surface area (Å²) in [6.07, 6.45) is 1.78. The Labute approximate surface area is 108 Å². The van der Waals surface area contributed by atoms with Crippen molar-refractivity contribution < 1.29 is 4.21 Å². The van der Waals surface area contributed by atoms with Gasteiger partial charge in [-0.1, -0.05) is 36.5 Å². The zero-order valence-electron chi connectivity index (χ0n) is 8.87. The Hall–Kier alpha value is -0.0900. The van der Waals surface area contributed by atoms with E-state index in [9.17, 15) is 4.21 Å². The molecule has 0 radical (unpaired) electrons. The summed E-state index contributed by atoms with van der Waals surface area (Å²) in [5, 5.41) is 1.02. The lowest BCUT2D eigenvalue weighted by molar-refractivity contribution is 0.607. The molecular formula is C11H13Cl2NOS. The van der Waals surface area contributed by atoms with Crippen LogP contribution in [-0.4, -0.2) is 9.46 Å². The summed E-state index contributed by atoms with van der Waals surface area (Å²) in [6, 6.07) is 3.14. The van der Waals surface area contributed by atoms with Gasteiger partial charge in [-0.05, 0) is 18.6 Å². The summed E-state index contributed by atoms with van der Waals surface area (Å²) in [5.74, 6) is 0. The molecule has 0 aromatic heterocycles. The van der Waals surface area contributed by atoms with Crippen LogP contribution in [0, 0.1) is 0 Å². The van der Waals surface area contributed by atoms with E-state index in [1.54, 1.807) is 12.1 Å². The predicted molar refractivity (Wildman–Crippen MR) is 68.5 cm³/mol. The lowest BCUT2D eigenvalue weighted by Crippen LogP contribution is -2.23. The summed E-state index contributed by atoms with van der Waals surface area (Å²) in [4.78, 5) is 0.639. The van der Waals surface area contributed by atoms with Crippen LogP contribution >= 0.6 is 23.2 Å². The molecule has 3 unspecified atom stereocenters. The van der Waals surface area contributed by atoms with Gasteiger partial charge in [0.05, 0.1) is 26.0 Å². The van der Waals surface area contributed by atoms with E-state index in [1.807, 2.05) is 0 Å². The van der Waals surface area contributed by atoms with Gasteiger partial charge in [-0.25, -0.2) is 0 Å². The topological polar surface area (TPSA) is 43.1 Å². The van der Waals surface area contributed by atoms with E-state index in [1.165, 1.54) is 0 Å². The third-order valence-electron chi connectivity index (χ3n) is 2.88. The van der Waals surface area contributed by atoms with Crippen molar-refractivity contribution in [1.82, 2.24) is 0 Å². The second-order valence-corrected chi connectivity index (χ2v) is 6.35. The van der Waals surface area contributed by atoms with Crippen LogP contribution < -0.4 is 5.73 Å². The number of hydrogen-bond acceptors (Lipinski definition) is 2. The largest absolute Gasteiger partial charge is 0.323 e. The van der Waals surface area contributed by atoms with Crippen molar-refractivity contribution in [2.45, 2.75) is 36.0 Å². The minimum Gasteiger partial charge on any atom is -0.323 e. The molecule has 0 spiro atoms. The number of rotatable bonds is 2. The molecule has 5 heteroatoms. The smallest absolute Gasteiger partial charge is 0.0640 e. The molecule has 0 bridgehead atoms. The normalized spacial score (nSPS) is 28.1. The molecule has 0 aliphatic carbocycles. The fourth-order valence-corrected chi connectivity index (χ4v) is 4.72. The molecule has 0 fully saturated rings. The zero-order chi connectivity index (χ0) is 11.9. The van der Waals surface area contributed by atoms with Gasteiger partial charge in [0, 0.05) is 16.6 Å². The Balaban J connectivity index is 2.54. The van der Waals surface area contributed by atoms with E-state index in [0.29, 0.717) is 14.9 Å². The first-order valence-electron chi connectivity index (χ1n) is 5.22. The average molecular weight is 278 g/mol. The van der Waals surface area contributed by atoms with Crippen LogP contribution in [0.25, 0.3) is 0 Å². The second-order valence-electron chi connectivity index (χ2n) is 3.92. The Morgan fingerprint density at radius 2 is 2.00 bits per heavy atom. The lowest BCUT2D eigenvalue weighted by Gasteiger charge is -2.13. The monoisotopic (exact) mass is 277 g/mol. The van der Waals surface area contributed by atoms with E-state index in [4.69, 9.17) is 28.9 Å². The molecule has 2 rings (SSSR count). The summed E-state index contributed by atoms with van der Waals surface area (Å²) >= 11 is 12.2. The Kier molecular flexibility index (Phi) is 3.59. The molecule has 2 nitrogen and oxygen atoms in total. The molecule has 0 amide bonds. The summed E-state index contributed by atoms with van der Waals surface area (Å²) < 4.78 is 12.3. The molecular weight excluding hydrogens is 265 g/mol. The number of fused-ring (bicyclic) bond motifs is 1. The van der Waals surface area contributed by atoms with Crippen molar-refractivity contribution >= 4 is 34.0 Å². The van der Waals surface area contributed by atoms with Gasteiger partial charge in [0.15, 0.2) is 0 Å². The number of nitrogens with two attached hydrogens (primary N) is 1. The molecule has 3 atom stereocenters. The Morgan fingerprint density at radius 3 is 2.56 bits per heavy atom. The standard InChI is InChI=1S/C11H13Cl2NOS/c1-2-3-8-10(14)9-6(12)4-5-7(13)11(9)16(8)15/h4-5,8,10H,2-3,14H2,1H3. The molecule has 88 valence electrons. The fraction of sp³-hybridized carbons (Fsp3) is 0.455. The first-order valence-corrected chi connectivity index (χ1v) is 7.18. The van der Waals surface area contributed by atoms with E-state index >= 15 is 0 Å². The molecule has 1 heterocycles. The van der Waals surface area contributed by atoms with Crippen molar-refractivity contribution in [3.05, 3.63) is 27.7 Å². The maximum absolute atomic E-state index is 12.3. The molecule has 1 aromatic rings. The molecule has 1 aromatic carbocycles. The third-order valence-corrected chi connectivity index (χ3v) is 5.56. The maximum atomic E-state index is 12.3. The van der Waals surface area contributed by atoms with Gasteiger partial charge in [0.1, 0.15) is 0 Å². The van der Waals surface area contributed by atoms with Gasteiger partial charge in [-0.3, -0.25) is 4.21 Å². The zero-order valence-corrected chi connectivity index (χ0v) is 11.2. The SMILES string of the molecule is CCCC1C(N)c2c(Cl)ccc(Cl)c2S1=O. The van der Waals surface area contributed by atoms with Gasteiger partial charge in [0.25, 0.3) is 0 Å². The Bertz CT molecular complexity index is 450. The van der Waals surface area contributed by atoms with Crippen molar-refractivity contribution in [2.75, 3.05) is 0 Å². The van der Waals surface area contributed by atoms with Gasteiger partial charge in [-0.2, -0.15) is 0 Å². The molecule has 16 heavy (non-hydrogen) atoms. The van der Waals surface area contributed by atoms with E-state index in [2.05, 4.69) is 6.92 Å². The highest BCUT2D eigenvalue weighted by Gasteiger charge is 2.38. The van der Waals surface area contributed by atoms with Crippen LogP contribution in [0.5, 0.6) is 0 Å². The van der Waals surface area contributed by atoms with Crippen LogP contribution in [0.1, 0.15) is 31.4 Å². The predicted octanol–water partition coefficient (Wildman–Crippen LogP) is 3.28. The van der Waals surface area contributed by atoms with Gasteiger partial charge in [0.2, 0.25) is 0 Å². The summed E-state index contributed by atoms with van der Waals surface area (Å²) in [5.41, 5.74) is 6.87. The maximum Gasteiger partial charge on any atom is 0.0640 e. The molecule has 0 saturated heterocycles. The lowest BCUT2D eigenvalue weighted by atomic mass is 10.0. The van der Waals surface area contributed by atoms with Crippen LogP contribution in [-0.2, 0) is 10.8 Å². The quantitative estimate of drug-likeness (QED) is 0.902. The fourth-order valence-electron chi connectivity index (χ4n) is 2.11.